The molecule has 1 aromatic carbocycles. The lowest BCUT2D eigenvalue weighted by Gasteiger charge is -2.11. The van der Waals surface area contributed by atoms with Crippen LogP contribution in [-0.2, 0) is 10.5 Å². The zero-order chi connectivity index (χ0) is 10.8. The Morgan fingerprint density at radius 1 is 1.50 bits per heavy atom. The van der Waals surface area contributed by atoms with Gasteiger partial charge in [0.15, 0.2) is 0 Å². The number of rotatable bonds is 2. The van der Waals surface area contributed by atoms with E-state index >= 15 is 0 Å². The van der Waals surface area contributed by atoms with E-state index in [9.17, 15) is 9.18 Å². The summed E-state index contributed by atoms with van der Waals surface area (Å²) in [6.07, 6.45) is 0. The minimum absolute atomic E-state index is 0.239. The molecule has 0 saturated carbocycles. The number of alkyl halides is 1. The van der Waals surface area contributed by atoms with E-state index in [1.165, 1.54) is 24.3 Å². The Hall–Kier alpha value is -1.60. The van der Waals surface area contributed by atoms with E-state index in [0.29, 0.717) is 5.02 Å². The van der Waals surface area contributed by atoms with Gasteiger partial charge >= 0.3 is 11.6 Å². The van der Waals surface area contributed by atoms with Crippen LogP contribution in [-0.4, -0.2) is 11.1 Å². The summed E-state index contributed by atoms with van der Waals surface area (Å²) in [5, 5.41) is 17.3. The molecule has 0 bridgehead atoms. The SMILES string of the molecule is N#CC(F)(C(=O)O)c1ccc(Cl)cc1. The topological polar surface area (TPSA) is 61.1 Å². The average molecular weight is 214 g/mol. The van der Waals surface area contributed by atoms with Crippen LogP contribution in [0.2, 0.25) is 5.02 Å². The van der Waals surface area contributed by atoms with Crippen molar-refractivity contribution in [2.75, 3.05) is 0 Å². The van der Waals surface area contributed by atoms with Gasteiger partial charge in [0.2, 0.25) is 0 Å². The third-order valence-electron chi connectivity index (χ3n) is 1.69. The second kappa shape index (κ2) is 3.64. The first-order valence-corrected chi connectivity index (χ1v) is 3.98. The molecule has 0 radical (unpaired) electrons. The molecule has 72 valence electrons. The van der Waals surface area contributed by atoms with Crippen molar-refractivity contribution in [1.82, 2.24) is 0 Å². The monoisotopic (exact) mass is 213 g/mol. The number of hydrogen-bond donors (Lipinski definition) is 1. The second-order valence-corrected chi connectivity index (χ2v) is 3.02. The molecule has 5 heteroatoms. The van der Waals surface area contributed by atoms with Gasteiger partial charge in [-0.1, -0.05) is 23.7 Å². The average Bonchev–Trinajstić information content (AvgIpc) is 2.17. The number of hydrogen-bond acceptors (Lipinski definition) is 2. The van der Waals surface area contributed by atoms with Crippen LogP contribution in [0, 0.1) is 11.3 Å². The van der Waals surface area contributed by atoms with E-state index in [0.717, 1.165) is 6.07 Å². The van der Waals surface area contributed by atoms with Crippen LogP contribution in [0.25, 0.3) is 0 Å². The molecule has 14 heavy (non-hydrogen) atoms. The smallest absolute Gasteiger partial charge is 0.361 e. The zero-order valence-electron chi connectivity index (χ0n) is 6.87. The second-order valence-electron chi connectivity index (χ2n) is 2.58. The molecule has 0 aliphatic carbocycles. The molecule has 0 fully saturated rings. The molecule has 1 aromatic rings. The molecule has 3 nitrogen and oxygen atoms in total. The lowest BCUT2D eigenvalue weighted by molar-refractivity contribution is -0.147. The van der Waals surface area contributed by atoms with Gasteiger partial charge in [0.25, 0.3) is 0 Å². The molecule has 0 amide bonds. The molecule has 1 N–H and O–H groups in total. The van der Waals surface area contributed by atoms with Crippen molar-refractivity contribution >= 4 is 17.6 Å². The zero-order valence-corrected chi connectivity index (χ0v) is 7.62. The standard InChI is InChI=1S/C9H5ClFNO2/c10-7-3-1-6(2-4-7)9(11,5-12)8(13)14/h1-4H,(H,13,14). The Bertz CT molecular complexity index is 398. The first-order valence-electron chi connectivity index (χ1n) is 3.60. The third-order valence-corrected chi connectivity index (χ3v) is 1.94. The highest BCUT2D eigenvalue weighted by Gasteiger charge is 2.41. The van der Waals surface area contributed by atoms with Crippen LogP contribution < -0.4 is 0 Å². The summed E-state index contributed by atoms with van der Waals surface area (Å²) in [6, 6.07) is 6.09. The third kappa shape index (κ3) is 1.68. The summed E-state index contributed by atoms with van der Waals surface area (Å²) < 4.78 is 13.5. The Balaban J connectivity index is 3.22. The fraction of sp³-hybridized carbons (Fsp3) is 0.111. The van der Waals surface area contributed by atoms with Gasteiger partial charge in [0, 0.05) is 10.6 Å². The highest BCUT2D eigenvalue weighted by Crippen LogP contribution is 2.26. The van der Waals surface area contributed by atoms with E-state index < -0.39 is 11.6 Å². The van der Waals surface area contributed by atoms with Crippen molar-refractivity contribution in [1.29, 1.82) is 5.26 Å². The Morgan fingerprint density at radius 2 is 2.00 bits per heavy atom. The quantitative estimate of drug-likeness (QED) is 0.819. The van der Waals surface area contributed by atoms with E-state index in [-0.39, 0.29) is 5.56 Å². The minimum atomic E-state index is -3.01. The van der Waals surface area contributed by atoms with Gasteiger partial charge in [-0.05, 0) is 12.1 Å². The fourth-order valence-electron chi connectivity index (χ4n) is 0.915. The number of halogens is 2. The molecule has 1 rings (SSSR count). The molecule has 1 atom stereocenters. The lowest BCUT2D eigenvalue weighted by Crippen LogP contribution is -2.28. The molecule has 0 aliphatic rings. The first-order chi connectivity index (χ1) is 6.50. The molecule has 0 saturated heterocycles. The summed E-state index contributed by atoms with van der Waals surface area (Å²) in [5.74, 6) is -1.83. The van der Waals surface area contributed by atoms with Crippen molar-refractivity contribution < 1.29 is 14.3 Å². The minimum Gasteiger partial charge on any atom is -0.478 e. The fourth-order valence-corrected chi connectivity index (χ4v) is 1.04. The Kier molecular flexibility index (Phi) is 2.73. The lowest BCUT2D eigenvalue weighted by atomic mass is 9.98. The molecule has 0 spiro atoms. The van der Waals surface area contributed by atoms with Crippen molar-refractivity contribution in [3.8, 4) is 6.07 Å². The van der Waals surface area contributed by atoms with E-state index in [2.05, 4.69) is 0 Å². The van der Waals surface area contributed by atoms with Gasteiger partial charge in [-0.3, -0.25) is 0 Å². The molecule has 0 aliphatic heterocycles. The predicted octanol–water partition coefficient (Wildman–Crippen LogP) is 2.11. The van der Waals surface area contributed by atoms with Crippen molar-refractivity contribution in [3.05, 3.63) is 34.9 Å². The van der Waals surface area contributed by atoms with Crippen LogP contribution >= 0.6 is 11.6 Å². The normalized spacial score (nSPS) is 14.1. The molecular weight excluding hydrogens is 209 g/mol. The molecular formula is C9H5ClFNO2. The number of carboxylic acid groups (broad SMARTS) is 1. The summed E-state index contributed by atoms with van der Waals surface area (Å²) in [6.45, 7) is 0. The summed E-state index contributed by atoms with van der Waals surface area (Å²) in [5.41, 5.74) is -3.25. The number of aliphatic carboxylic acids is 1. The maximum atomic E-state index is 13.5. The van der Waals surface area contributed by atoms with E-state index in [1.54, 1.807) is 0 Å². The van der Waals surface area contributed by atoms with Gasteiger partial charge in [-0.15, -0.1) is 0 Å². The number of benzene rings is 1. The molecule has 1 unspecified atom stereocenters. The van der Waals surface area contributed by atoms with Crippen LogP contribution in [0.4, 0.5) is 4.39 Å². The van der Waals surface area contributed by atoms with Gasteiger partial charge in [0.1, 0.15) is 6.07 Å². The Morgan fingerprint density at radius 3 is 2.36 bits per heavy atom. The van der Waals surface area contributed by atoms with Gasteiger partial charge in [-0.25, -0.2) is 9.18 Å². The number of nitrogens with zero attached hydrogens (tertiary/aromatic N) is 1. The number of carbonyl (C=O) groups is 1. The Labute approximate surface area is 84.3 Å². The van der Waals surface area contributed by atoms with Crippen molar-refractivity contribution in [2.24, 2.45) is 0 Å². The summed E-state index contributed by atoms with van der Waals surface area (Å²) in [7, 11) is 0. The first kappa shape index (κ1) is 10.5. The highest BCUT2D eigenvalue weighted by molar-refractivity contribution is 6.30. The predicted molar refractivity (Wildman–Crippen MR) is 47.5 cm³/mol. The highest BCUT2D eigenvalue weighted by atomic mass is 35.5. The van der Waals surface area contributed by atoms with Crippen LogP contribution in [0.15, 0.2) is 24.3 Å². The molecule has 0 aromatic heterocycles. The van der Waals surface area contributed by atoms with Gasteiger partial charge in [-0.2, -0.15) is 5.26 Å². The largest absolute Gasteiger partial charge is 0.478 e. The van der Waals surface area contributed by atoms with E-state index in [1.807, 2.05) is 0 Å². The summed E-state index contributed by atoms with van der Waals surface area (Å²) in [4.78, 5) is 10.5. The number of carboxylic acids is 1. The van der Waals surface area contributed by atoms with E-state index in [4.69, 9.17) is 22.0 Å². The van der Waals surface area contributed by atoms with Crippen LogP contribution in [0.5, 0.6) is 0 Å². The molecule has 0 heterocycles. The van der Waals surface area contributed by atoms with Crippen LogP contribution in [0.3, 0.4) is 0 Å². The van der Waals surface area contributed by atoms with Crippen molar-refractivity contribution in [2.45, 2.75) is 5.67 Å². The summed E-state index contributed by atoms with van der Waals surface area (Å²) >= 11 is 5.53. The van der Waals surface area contributed by atoms with Gasteiger partial charge < -0.3 is 5.11 Å². The maximum absolute atomic E-state index is 13.5. The number of nitriles is 1. The van der Waals surface area contributed by atoms with Crippen molar-refractivity contribution in [3.63, 3.8) is 0 Å². The van der Waals surface area contributed by atoms with Crippen LogP contribution in [0.1, 0.15) is 5.56 Å². The maximum Gasteiger partial charge on any atom is 0.361 e. The van der Waals surface area contributed by atoms with Gasteiger partial charge in [0.05, 0.1) is 0 Å².